The highest BCUT2D eigenvalue weighted by atomic mass is 16.4. The molecule has 100 valence electrons. The fourth-order valence-electron chi connectivity index (χ4n) is 2.64. The zero-order valence-electron chi connectivity index (χ0n) is 11.4. The number of rotatable bonds is 5. The summed E-state index contributed by atoms with van der Waals surface area (Å²) in [5.41, 5.74) is 1.02. The number of likely N-dealkylation sites (tertiary alicyclic amines) is 1. The van der Waals surface area contributed by atoms with Crippen molar-refractivity contribution < 1.29 is 4.42 Å². The average molecular weight is 249 g/mol. The van der Waals surface area contributed by atoms with E-state index in [1.54, 1.807) is 0 Å². The van der Waals surface area contributed by atoms with Gasteiger partial charge >= 0.3 is 0 Å². The van der Waals surface area contributed by atoms with Gasteiger partial charge in [-0.15, -0.1) is 0 Å². The third-order valence-corrected chi connectivity index (χ3v) is 4.07. The minimum Gasteiger partial charge on any atom is -0.444 e. The van der Waals surface area contributed by atoms with E-state index in [0.29, 0.717) is 0 Å². The van der Waals surface area contributed by atoms with Gasteiger partial charge in [-0.05, 0) is 52.1 Å². The summed E-state index contributed by atoms with van der Waals surface area (Å²) in [5.74, 6) is 2.64. The summed E-state index contributed by atoms with van der Waals surface area (Å²) in [6, 6.07) is 0.830. The van der Waals surface area contributed by atoms with Gasteiger partial charge in [-0.3, -0.25) is 4.90 Å². The molecule has 3 rings (SSSR count). The third-order valence-electron chi connectivity index (χ3n) is 4.07. The summed E-state index contributed by atoms with van der Waals surface area (Å²) < 4.78 is 5.65. The number of aromatic nitrogens is 1. The van der Waals surface area contributed by atoms with Crippen molar-refractivity contribution in [2.75, 3.05) is 19.6 Å². The molecular formula is C14H23N3O. The lowest BCUT2D eigenvalue weighted by atomic mass is 10.1. The quantitative estimate of drug-likeness (QED) is 0.865. The molecule has 1 aliphatic carbocycles. The summed E-state index contributed by atoms with van der Waals surface area (Å²) in [6.45, 7) is 8.41. The zero-order chi connectivity index (χ0) is 12.5. The lowest BCUT2D eigenvalue weighted by Crippen LogP contribution is -2.27. The van der Waals surface area contributed by atoms with E-state index >= 15 is 0 Å². The second-order valence-corrected chi connectivity index (χ2v) is 5.82. The summed E-state index contributed by atoms with van der Waals surface area (Å²) in [5, 5.41) is 3.63. The predicted octanol–water partition coefficient (Wildman–Crippen LogP) is 1.87. The van der Waals surface area contributed by atoms with E-state index in [1.165, 1.54) is 38.9 Å². The van der Waals surface area contributed by atoms with E-state index in [0.717, 1.165) is 35.8 Å². The molecule has 1 aromatic rings. The first-order valence-electron chi connectivity index (χ1n) is 7.09. The summed E-state index contributed by atoms with van der Waals surface area (Å²) >= 11 is 0. The minimum absolute atomic E-state index is 0.808. The molecule has 1 aromatic heterocycles. The molecule has 0 bridgehead atoms. The van der Waals surface area contributed by atoms with Crippen LogP contribution in [-0.4, -0.2) is 35.6 Å². The summed E-state index contributed by atoms with van der Waals surface area (Å²) in [4.78, 5) is 6.92. The number of nitrogens with one attached hydrogen (secondary N) is 1. The lowest BCUT2D eigenvalue weighted by Gasteiger charge is -2.14. The van der Waals surface area contributed by atoms with E-state index in [4.69, 9.17) is 4.42 Å². The van der Waals surface area contributed by atoms with Gasteiger partial charge in [0, 0.05) is 12.6 Å². The summed E-state index contributed by atoms with van der Waals surface area (Å²) in [7, 11) is 0. The lowest BCUT2D eigenvalue weighted by molar-refractivity contribution is 0.276. The van der Waals surface area contributed by atoms with Gasteiger partial charge in [0.15, 0.2) is 0 Å². The number of aryl methyl sites for hydroxylation is 2. The van der Waals surface area contributed by atoms with Gasteiger partial charge in [0.2, 0.25) is 5.89 Å². The van der Waals surface area contributed by atoms with Crippen LogP contribution in [0.25, 0.3) is 0 Å². The highest BCUT2D eigenvalue weighted by Crippen LogP contribution is 2.22. The van der Waals surface area contributed by atoms with Crippen LogP contribution in [0.15, 0.2) is 4.42 Å². The molecule has 1 aliphatic heterocycles. The van der Waals surface area contributed by atoms with Crippen molar-refractivity contribution in [3.05, 3.63) is 17.3 Å². The molecule has 1 saturated heterocycles. The normalized spacial score (nSPS) is 24.9. The molecular weight excluding hydrogens is 226 g/mol. The molecule has 0 amide bonds. The van der Waals surface area contributed by atoms with Crippen molar-refractivity contribution in [3.63, 3.8) is 0 Å². The topological polar surface area (TPSA) is 41.3 Å². The monoisotopic (exact) mass is 249 g/mol. The second-order valence-electron chi connectivity index (χ2n) is 5.82. The molecule has 2 aliphatic rings. The molecule has 4 nitrogen and oxygen atoms in total. The number of nitrogens with zero attached hydrogens (tertiary/aromatic N) is 2. The van der Waals surface area contributed by atoms with Gasteiger partial charge in [-0.25, -0.2) is 4.98 Å². The Morgan fingerprint density at radius 1 is 1.33 bits per heavy atom. The van der Waals surface area contributed by atoms with Gasteiger partial charge in [-0.2, -0.15) is 0 Å². The standard InChI is InChI=1S/C14H23N3O/c1-10-11(2)18-14(16-10)9-17-6-5-12(8-17)7-15-13-3-4-13/h12-13,15H,3-9H2,1-2H3. The van der Waals surface area contributed by atoms with Gasteiger partial charge in [-0.1, -0.05) is 0 Å². The Bertz CT molecular complexity index is 392. The highest BCUT2D eigenvalue weighted by Gasteiger charge is 2.26. The molecule has 1 unspecified atom stereocenters. The first kappa shape index (κ1) is 12.2. The number of hydrogen-bond acceptors (Lipinski definition) is 4. The number of hydrogen-bond donors (Lipinski definition) is 1. The predicted molar refractivity (Wildman–Crippen MR) is 70.4 cm³/mol. The average Bonchev–Trinajstić information content (AvgIpc) is 2.98. The zero-order valence-corrected chi connectivity index (χ0v) is 11.4. The highest BCUT2D eigenvalue weighted by molar-refractivity contribution is 5.05. The third kappa shape index (κ3) is 2.93. The smallest absolute Gasteiger partial charge is 0.208 e. The van der Waals surface area contributed by atoms with Gasteiger partial charge in [0.05, 0.1) is 12.2 Å². The first-order chi connectivity index (χ1) is 8.70. The van der Waals surface area contributed by atoms with Gasteiger partial charge < -0.3 is 9.73 Å². The van der Waals surface area contributed by atoms with Crippen LogP contribution in [0, 0.1) is 19.8 Å². The molecule has 4 heteroatoms. The molecule has 0 radical (unpaired) electrons. The van der Waals surface area contributed by atoms with Crippen molar-refractivity contribution in [3.8, 4) is 0 Å². The Morgan fingerprint density at radius 3 is 2.83 bits per heavy atom. The fraction of sp³-hybridized carbons (Fsp3) is 0.786. The molecule has 1 atom stereocenters. The van der Waals surface area contributed by atoms with Crippen LogP contribution < -0.4 is 5.32 Å². The molecule has 0 aromatic carbocycles. The molecule has 0 spiro atoms. The van der Waals surface area contributed by atoms with Gasteiger partial charge in [0.1, 0.15) is 5.76 Å². The summed E-state index contributed by atoms with van der Waals surface area (Å²) in [6.07, 6.45) is 4.06. The molecule has 2 fully saturated rings. The molecule has 1 N–H and O–H groups in total. The van der Waals surface area contributed by atoms with Crippen molar-refractivity contribution in [2.45, 2.75) is 45.7 Å². The molecule has 18 heavy (non-hydrogen) atoms. The maximum absolute atomic E-state index is 5.65. The van der Waals surface area contributed by atoms with E-state index in [9.17, 15) is 0 Å². The van der Waals surface area contributed by atoms with Crippen molar-refractivity contribution in [1.29, 1.82) is 0 Å². The maximum atomic E-state index is 5.65. The van der Waals surface area contributed by atoms with Crippen LogP contribution in [0.5, 0.6) is 0 Å². The van der Waals surface area contributed by atoms with Crippen LogP contribution in [0.1, 0.15) is 36.6 Å². The van der Waals surface area contributed by atoms with Crippen molar-refractivity contribution >= 4 is 0 Å². The fourth-order valence-corrected chi connectivity index (χ4v) is 2.64. The van der Waals surface area contributed by atoms with Crippen LogP contribution in [-0.2, 0) is 6.54 Å². The Labute approximate surface area is 109 Å². The Balaban J connectivity index is 1.46. The Kier molecular flexibility index (Phi) is 3.39. The molecule has 2 heterocycles. The van der Waals surface area contributed by atoms with Gasteiger partial charge in [0.25, 0.3) is 0 Å². The maximum Gasteiger partial charge on any atom is 0.208 e. The Hall–Kier alpha value is -0.870. The largest absolute Gasteiger partial charge is 0.444 e. The second kappa shape index (κ2) is 5.02. The first-order valence-corrected chi connectivity index (χ1v) is 7.09. The van der Waals surface area contributed by atoms with Crippen LogP contribution >= 0.6 is 0 Å². The van der Waals surface area contributed by atoms with Crippen LogP contribution in [0.4, 0.5) is 0 Å². The minimum atomic E-state index is 0.808. The van der Waals surface area contributed by atoms with E-state index in [-0.39, 0.29) is 0 Å². The Morgan fingerprint density at radius 2 is 2.17 bits per heavy atom. The van der Waals surface area contributed by atoms with E-state index in [2.05, 4.69) is 15.2 Å². The van der Waals surface area contributed by atoms with Crippen molar-refractivity contribution in [1.82, 2.24) is 15.2 Å². The molecule has 1 saturated carbocycles. The van der Waals surface area contributed by atoms with Crippen molar-refractivity contribution in [2.24, 2.45) is 5.92 Å². The number of oxazole rings is 1. The van der Waals surface area contributed by atoms with Crippen LogP contribution in [0.2, 0.25) is 0 Å². The van der Waals surface area contributed by atoms with E-state index < -0.39 is 0 Å². The van der Waals surface area contributed by atoms with E-state index in [1.807, 2.05) is 13.8 Å². The SMILES string of the molecule is Cc1nc(CN2CCC(CNC3CC3)C2)oc1C. The van der Waals surface area contributed by atoms with Crippen LogP contribution in [0.3, 0.4) is 0 Å².